The minimum atomic E-state index is -2.38. The van der Waals surface area contributed by atoms with Gasteiger partial charge in [-0.1, -0.05) is 41.9 Å². The fourth-order valence-corrected chi connectivity index (χ4v) is 6.97. The highest BCUT2D eigenvalue weighted by atomic mass is 35.5. The predicted octanol–water partition coefficient (Wildman–Crippen LogP) is 6.87. The molecule has 0 atom stereocenters. The third-order valence-corrected chi connectivity index (χ3v) is 9.58. The van der Waals surface area contributed by atoms with Crippen LogP contribution < -0.4 is 9.47 Å². The molecular formula is C30H33ClO7S. The van der Waals surface area contributed by atoms with E-state index in [9.17, 15) is 19.0 Å². The first-order valence-corrected chi connectivity index (χ1v) is 15.3. The number of carboxylic acids is 1. The second-order valence-corrected chi connectivity index (χ2v) is 13.3. The van der Waals surface area contributed by atoms with Crippen molar-refractivity contribution in [2.75, 3.05) is 31.3 Å². The Morgan fingerprint density at radius 2 is 1.69 bits per heavy atom. The molecule has 0 bridgehead atoms. The van der Waals surface area contributed by atoms with Gasteiger partial charge in [0.05, 0.1) is 36.7 Å². The maximum absolute atomic E-state index is 11.3. The molecule has 0 saturated carbocycles. The lowest BCUT2D eigenvalue weighted by molar-refractivity contribution is -0.145. The molecule has 9 heteroatoms. The fraction of sp³-hybridized carbons (Fsp3) is 0.367. The molecule has 39 heavy (non-hydrogen) atoms. The van der Waals surface area contributed by atoms with E-state index in [0.717, 1.165) is 35.1 Å². The molecule has 0 aromatic heterocycles. The molecule has 2 aliphatic heterocycles. The first kappa shape index (κ1) is 27.8. The van der Waals surface area contributed by atoms with Crippen molar-refractivity contribution in [2.45, 2.75) is 31.3 Å². The highest BCUT2D eigenvalue weighted by Gasteiger charge is 2.42. The quantitative estimate of drug-likeness (QED) is 0.243. The van der Waals surface area contributed by atoms with E-state index >= 15 is 0 Å². The van der Waals surface area contributed by atoms with Gasteiger partial charge in [-0.2, -0.15) is 10.6 Å². The van der Waals surface area contributed by atoms with Gasteiger partial charge < -0.3 is 19.3 Å². The first-order valence-electron chi connectivity index (χ1n) is 13.0. The average Bonchev–Trinajstić information content (AvgIpc) is 2.89. The Morgan fingerprint density at radius 3 is 2.33 bits per heavy atom. The van der Waals surface area contributed by atoms with E-state index in [-0.39, 0.29) is 6.42 Å². The monoisotopic (exact) mass is 572 g/mol. The largest absolute Gasteiger partial charge is 0.493 e. The second kappa shape index (κ2) is 11.8. The van der Waals surface area contributed by atoms with Crippen LogP contribution in [0.2, 0.25) is 5.02 Å². The van der Waals surface area contributed by atoms with Gasteiger partial charge in [-0.15, -0.1) is 0 Å². The van der Waals surface area contributed by atoms with Crippen molar-refractivity contribution in [1.82, 2.24) is 0 Å². The highest BCUT2D eigenvalue weighted by Crippen LogP contribution is 2.45. The van der Waals surface area contributed by atoms with Crippen LogP contribution in [0, 0.1) is 5.92 Å². The Balaban J connectivity index is 1.18. The molecule has 2 heterocycles. The van der Waals surface area contributed by atoms with E-state index in [4.69, 9.17) is 25.8 Å². The number of carbonyl (C=O) groups is 1. The Bertz CT molecular complexity index is 1300. The molecule has 0 aliphatic carbocycles. The number of hydrogen-bond donors (Lipinski definition) is 3. The number of rotatable bonds is 10. The summed E-state index contributed by atoms with van der Waals surface area (Å²) in [7, 11) is -2.38. The molecule has 208 valence electrons. The molecule has 2 fully saturated rings. The zero-order valence-electron chi connectivity index (χ0n) is 21.6. The Kier molecular flexibility index (Phi) is 8.40. The smallest absolute Gasteiger partial charge is 0.304 e. The lowest BCUT2D eigenvalue weighted by Gasteiger charge is -2.40. The summed E-state index contributed by atoms with van der Waals surface area (Å²) in [6, 6.07) is 21.3. The highest BCUT2D eigenvalue weighted by molar-refractivity contribution is 8.24. The van der Waals surface area contributed by atoms with Crippen LogP contribution in [-0.4, -0.2) is 51.5 Å². The minimum absolute atomic E-state index is 0.0484. The van der Waals surface area contributed by atoms with E-state index in [1.807, 2.05) is 66.7 Å². The van der Waals surface area contributed by atoms with Crippen LogP contribution in [0.25, 0.3) is 11.1 Å². The van der Waals surface area contributed by atoms with Gasteiger partial charge in [0.25, 0.3) is 0 Å². The van der Waals surface area contributed by atoms with Crippen LogP contribution >= 0.6 is 22.2 Å². The summed E-state index contributed by atoms with van der Waals surface area (Å²) in [6.07, 6.45) is 1.56. The van der Waals surface area contributed by atoms with Gasteiger partial charge in [0, 0.05) is 17.1 Å². The van der Waals surface area contributed by atoms with Gasteiger partial charge in [-0.3, -0.25) is 13.9 Å². The van der Waals surface area contributed by atoms with Gasteiger partial charge in [0.1, 0.15) is 18.1 Å². The molecule has 5 rings (SSSR count). The summed E-state index contributed by atoms with van der Waals surface area (Å²) >= 11 is 6.63. The molecule has 2 aliphatic rings. The molecule has 0 radical (unpaired) electrons. The van der Waals surface area contributed by atoms with Crippen molar-refractivity contribution >= 4 is 28.2 Å². The summed E-state index contributed by atoms with van der Waals surface area (Å²) < 4.78 is 36.9. The van der Waals surface area contributed by atoms with Crippen molar-refractivity contribution in [3.05, 3.63) is 82.9 Å². The van der Waals surface area contributed by atoms with Crippen LogP contribution in [0.3, 0.4) is 0 Å². The lowest BCUT2D eigenvalue weighted by Crippen LogP contribution is -2.48. The van der Waals surface area contributed by atoms with Gasteiger partial charge >= 0.3 is 5.97 Å². The number of benzene rings is 3. The molecule has 3 aromatic rings. The zero-order chi connectivity index (χ0) is 27.5. The van der Waals surface area contributed by atoms with Crippen molar-refractivity contribution in [2.24, 2.45) is 5.92 Å². The molecule has 0 spiro atoms. The third-order valence-electron chi connectivity index (χ3n) is 7.49. The molecule has 3 aromatic carbocycles. The molecule has 0 unspecified atom stereocenters. The number of halogens is 1. The first-order chi connectivity index (χ1) is 18.7. The van der Waals surface area contributed by atoms with E-state index in [0.29, 0.717) is 60.4 Å². The molecule has 2 saturated heterocycles. The standard InChI is InChI=1S/C30H33ClO7S/c31-28-15-26(38-17-21-10-12-39(34,35)13-11-21)8-9-27(28)23-3-1-2-22(14-23)18-37-25-6-4-24(5-7-25)30(16-29(32)33)19-36-20-30/h1-9,14-15,21,34-35H,10-13,16-20H2,(H,32,33). The van der Waals surface area contributed by atoms with Gasteiger partial charge in [-0.25, -0.2) is 0 Å². The fourth-order valence-electron chi connectivity index (χ4n) is 5.07. The van der Waals surface area contributed by atoms with Gasteiger partial charge in [0.15, 0.2) is 0 Å². The zero-order valence-corrected chi connectivity index (χ0v) is 23.1. The number of aliphatic carboxylic acids is 1. The predicted molar refractivity (Wildman–Crippen MR) is 153 cm³/mol. The summed E-state index contributed by atoms with van der Waals surface area (Å²) in [5.41, 5.74) is 3.35. The van der Waals surface area contributed by atoms with Crippen molar-refractivity contribution in [3.8, 4) is 22.6 Å². The molecule has 7 nitrogen and oxygen atoms in total. The number of ether oxygens (including phenoxy) is 3. The van der Waals surface area contributed by atoms with Crippen LogP contribution in [0.15, 0.2) is 66.7 Å². The summed E-state index contributed by atoms with van der Waals surface area (Å²) in [5.74, 6) is 1.79. The molecular weight excluding hydrogens is 540 g/mol. The minimum Gasteiger partial charge on any atom is -0.493 e. The van der Waals surface area contributed by atoms with Crippen molar-refractivity contribution in [3.63, 3.8) is 0 Å². The molecule has 0 amide bonds. The van der Waals surface area contributed by atoms with Crippen molar-refractivity contribution in [1.29, 1.82) is 0 Å². The second-order valence-electron chi connectivity index (χ2n) is 10.5. The number of carboxylic acid groups (broad SMARTS) is 1. The number of hydrogen-bond acceptors (Lipinski definition) is 6. The van der Waals surface area contributed by atoms with Crippen LogP contribution in [0.5, 0.6) is 11.5 Å². The maximum atomic E-state index is 11.3. The van der Waals surface area contributed by atoms with E-state index < -0.39 is 22.0 Å². The maximum Gasteiger partial charge on any atom is 0.304 e. The van der Waals surface area contributed by atoms with Crippen LogP contribution in [0.1, 0.15) is 30.4 Å². The van der Waals surface area contributed by atoms with Crippen molar-refractivity contribution < 1.29 is 33.2 Å². The lowest BCUT2D eigenvalue weighted by atomic mass is 9.76. The van der Waals surface area contributed by atoms with Gasteiger partial charge in [-0.05, 0) is 71.8 Å². The SMILES string of the molecule is O=C(O)CC1(c2ccc(OCc3cccc(-c4ccc(OCC5CCS(O)(O)CC5)cc4Cl)c3)cc2)COC1. The van der Waals surface area contributed by atoms with E-state index in [1.165, 1.54) is 0 Å². The van der Waals surface area contributed by atoms with Crippen LogP contribution in [0.4, 0.5) is 0 Å². The topological polar surface area (TPSA) is 105 Å². The summed E-state index contributed by atoms with van der Waals surface area (Å²) in [4.78, 5) is 11.3. The Morgan fingerprint density at radius 1 is 0.974 bits per heavy atom. The van der Waals surface area contributed by atoms with Gasteiger partial charge in [0.2, 0.25) is 0 Å². The Labute approximate surface area is 235 Å². The Hall–Kier alpha value is -2.75. The van der Waals surface area contributed by atoms with E-state index in [1.54, 1.807) is 0 Å². The normalized spacial score (nSPS) is 19.1. The van der Waals surface area contributed by atoms with Crippen LogP contribution in [-0.2, 0) is 21.6 Å². The summed E-state index contributed by atoms with van der Waals surface area (Å²) in [6.45, 7) is 1.74. The third kappa shape index (κ3) is 6.88. The summed E-state index contributed by atoms with van der Waals surface area (Å²) in [5, 5.41) is 9.85. The molecule has 3 N–H and O–H groups in total. The average molecular weight is 573 g/mol. The van der Waals surface area contributed by atoms with E-state index in [2.05, 4.69) is 0 Å².